The molecular weight excluding hydrogens is 268 g/mol. The molecule has 2 aromatic rings. The van der Waals surface area contributed by atoms with E-state index in [0.717, 1.165) is 10.8 Å². The van der Waals surface area contributed by atoms with E-state index in [4.69, 9.17) is 11.6 Å². The number of rotatable bonds is 1. The van der Waals surface area contributed by atoms with Gasteiger partial charge in [0.25, 0.3) is 0 Å². The number of carbonyl (C=O) groups is 2. The van der Waals surface area contributed by atoms with Crippen molar-refractivity contribution >= 4 is 40.1 Å². The summed E-state index contributed by atoms with van der Waals surface area (Å²) in [6.45, 7) is 0.283. The van der Waals surface area contributed by atoms with Gasteiger partial charge in [-0.3, -0.25) is 15.0 Å². The second-order valence-corrected chi connectivity index (χ2v) is 4.47. The van der Waals surface area contributed by atoms with E-state index in [1.807, 2.05) is 24.3 Å². The van der Waals surface area contributed by atoms with E-state index < -0.39 is 6.03 Å². The fourth-order valence-electron chi connectivity index (χ4n) is 2.02. The Labute approximate surface area is 113 Å². The first kappa shape index (κ1) is 11.9. The molecule has 7 heteroatoms. The van der Waals surface area contributed by atoms with Crippen LogP contribution in [0.15, 0.2) is 24.3 Å². The summed E-state index contributed by atoms with van der Waals surface area (Å²) in [4.78, 5) is 24.4. The van der Waals surface area contributed by atoms with Gasteiger partial charge >= 0.3 is 6.03 Å². The van der Waals surface area contributed by atoms with Crippen LogP contribution in [0.5, 0.6) is 0 Å². The van der Waals surface area contributed by atoms with Crippen molar-refractivity contribution in [2.45, 2.75) is 6.42 Å². The molecule has 0 atom stereocenters. The monoisotopic (exact) mass is 276 g/mol. The molecule has 1 saturated heterocycles. The highest BCUT2D eigenvalue weighted by Gasteiger charge is 2.27. The van der Waals surface area contributed by atoms with Crippen molar-refractivity contribution in [1.29, 1.82) is 0 Å². The third-order valence-electron chi connectivity index (χ3n) is 2.93. The summed E-state index contributed by atoms with van der Waals surface area (Å²) >= 11 is 5.98. The molecule has 0 saturated carbocycles. The van der Waals surface area contributed by atoms with Crippen molar-refractivity contribution in [3.8, 4) is 0 Å². The van der Waals surface area contributed by atoms with Crippen LogP contribution in [0.4, 0.5) is 10.6 Å². The molecular formula is C12H9ClN4O2. The third-order valence-corrected chi connectivity index (χ3v) is 3.21. The summed E-state index contributed by atoms with van der Waals surface area (Å²) in [7, 11) is 0. The number of anilines is 1. The van der Waals surface area contributed by atoms with Gasteiger partial charge in [-0.25, -0.2) is 4.79 Å². The van der Waals surface area contributed by atoms with Crippen LogP contribution in [-0.4, -0.2) is 28.7 Å². The van der Waals surface area contributed by atoms with Crippen molar-refractivity contribution < 1.29 is 9.59 Å². The maximum Gasteiger partial charge on any atom is 0.329 e. The van der Waals surface area contributed by atoms with Crippen LogP contribution in [0.3, 0.4) is 0 Å². The molecule has 1 N–H and O–H groups in total. The smallest absolute Gasteiger partial charge is 0.278 e. The molecule has 2 heterocycles. The van der Waals surface area contributed by atoms with Gasteiger partial charge in [-0.05, 0) is 0 Å². The number of hydrogen-bond acceptors (Lipinski definition) is 4. The Bertz CT molecular complexity index is 688. The van der Waals surface area contributed by atoms with Gasteiger partial charge in [0.15, 0.2) is 11.0 Å². The number of imide groups is 1. The minimum Gasteiger partial charge on any atom is -0.278 e. The van der Waals surface area contributed by atoms with Crippen LogP contribution >= 0.6 is 11.6 Å². The fraction of sp³-hybridized carbons (Fsp3) is 0.167. The summed E-state index contributed by atoms with van der Waals surface area (Å²) in [5.74, 6) is 0.123. The van der Waals surface area contributed by atoms with Crippen LogP contribution in [0.25, 0.3) is 10.8 Å². The summed E-state index contributed by atoms with van der Waals surface area (Å²) in [5, 5.41) is 11.8. The van der Waals surface area contributed by atoms with Crippen LogP contribution in [0.1, 0.15) is 6.42 Å². The molecule has 3 rings (SSSR count). The summed E-state index contributed by atoms with van der Waals surface area (Å²) in [6, 6.07) is 6.80. The van der Waals surface area contributed by atoms with Gasteiger partial charge in [-0.2, -0.15) is 0 Å². The Morgan fingerprint density at radius 2 is 1.89 bits per heavy atom. The predicted molar refractivity (Wildman–Crippen MR) is 70.0 cm³/mol. The van der Waals surface area contributed by atoms with Crippen molar-refractivity contribution in [3.05, 3.63) is 29.4 Å². The molecule has 1 aliphatic heterocycles. The third kappa shape index (κ3) is 2.00. The zero-order valence-corrected chi connectivity index (χ0v) is 10.5. The van der Waals surface area contributed by atoms with Gasteiger partial charge < -0.3 is 0 Å². The Kier molecular flexibility index (Phi) is 2.79. The van der Waals surface area contributed by atoms with Crippen molar-refractivity contribution in [1.82, 2.24) is 15.5 Å². The quantitative estimate of drug-likeness (QED) is 0.861. The summed E-state index contributed by atoms with van der Waals surface area (Å²) in [6.07, 6.45) is 0.240. The average molecular weight is 277 g/mol. The van der Waals surface area contributed by atoms with Gasteiger partial charge in [0.2, 0.25) is 5.91 Å². The average Bonchev–Trinajstić information content (AvgIpc) is 2.41. The molecule has 1 fully saturated rings. The summed E-state index contributed by atoms with van der Waals surface area (Å²) in [5.41, 5.74) is 0. The molecule has 6 nitrogen and oxygen atoms in total. The highest BCUT2D eigenvalue weighted by molar-refractivity contribution is 6.34. The standard InChI is InChI=1S/C12H9ClN4O2/c13-10-7-3-1-2-4-8(7)11(16-15-10)17-6-5-9(18)14-12(17)19/h1-4H,5-6H2,(H,14,18,19). The molecule has 0 radical (unpaired) electrons. The molecule has 0 aliphatic carbocycles. The number of amides is 3. The number of urea groups is 1. The van der Waals surface area contributed by atoms with E-state index in [2.05, 4.69) is 15.5 Å². The Balaban J connectivity index is 2.13. The van der Waals surface area contributed by atoms with E-state index in [1.165, 1.54) is 4.90 Å². The summed E-state index contributed by atoms with van der Waals surface area (Å²) < 4.78 is 0. The number of nitrogens with zero attached hydrogens (tertiary/aromatic N) is 3. The van der Waals surface area contributed by atoms with Crippen molar-refractivity contribution in [2.75, 3.05) is 11.4 Å². The predicted octanol–water partition coefficient (Wildman–Crippen LogP) is 1.73. The molecule has 1 aromatic carbocycles. The number of nitrogens with one attached hydrogen (secondary N) is 1. The van der Waals surface area contributed by atoms with E-state index in [9.17, 15) is 9.59 Å². The maximum atomic E-state index is 11.8. The zero-order valence-electron chi connectivity index (χ0n) is 9.76. The highest BCUT2D eigenvalue weighted by Crippen LogP contribution is 2.28. The van der Waals surface area contributed by atoms with Gasteiger partial charge in [-0.1, -0.05) is 35.9 Å². The lowest BCUT2D eigenvalue weighted by molar-refractivity contribution is -0.120. The minimum atomic E-state index is -0.488. The molecule has 19 heavy (non-hydrogen) atoms. The van der Waals surface area contributed by atoms with E-state index >= 15 is 0 Å². The lowest BCUT2D eigenvalue weighted by Gasteiger charge is -2.26. The first-order valence-electron chi connectivity index (χ1n) is 5.69. The van der Waals surface area contributed by atoms with Crippen LogP contribution in [0, 0.1) is 0 Å². The number of fused-ring (bicyclic) bond motifs is 1. The number of benzene rings is 1. The molecule has 1 aromatic heterocycles. The van der Waals surface area contributed by atoms with E-state index in [-0.39, 0.29) is 24.0 Å². The highest BCUT2D eigenvalue weighted by atomic mass is 35.5. The Morgan fingerprint density at radius 3 is 2.63 bits per heavy atom. The van der Waals surface area contributed by atoms with Crippen LogP contribution < -0.4 is 10.2 Å². The Morgan fingerprint density at radius 1 is 1.16 bits per heavy atom. The van der Waals surface area contributed by atoms with Crippen molar-refractivity contribution in [2.24, 2.45) is 0 Å². The normalized spacial score (nSPS) is 15.7. The first-order chi connectivity index (χ1) is 9.16. The first-order valence-corrected chi connectivity index (χ1v) is 6.07. The number of carbonyl (C=O) groups excluding carboxylic acids is 2. The molecule has 3 amide bonds. The topological polar surface area (TPSA) is 75.2 Å². The number of halogens is 1. The van der Waals surface area contributed by atoms with Gasteiger partial charge in [0, 0.05) is 23.7 Å². The van der Waals surface area contributed by atoms with Gasteiger partial charge in [0.05, 0.1) is 0 Å². The van der Waals surface area contributed by atoms with Gasteiger partial charge in [-0.15, -0.1) is 10.2 Å². The molecule has 0 unspecified atom stereocenters. The fourth-order valence-corrected chi connectivity index (χ4v) is 2.23. The number of hydrogen-bond donors (Lipinski definition) is 1. The molecule has 0 spiro atoms. The van der Waals surface area contributed by atoms with Crippen LogP contribution in [-0.2, 0) is 4.79 Å². The largest absolute Gasteiger partial charge is 0.329 e. The lowest BCUT2D eigenvalue weighted by Crippen LogP contribution is -2.50. The maximum absolute atomic E-state index is 11.8. The number of aromatic nitrogens is 2. The van der Waals surface area contributed by atoms with E-state index in [1.54, 1.807) is 0 Å². The van der Waals surface area contributed by atoms with Crippen LogP contribution in [0.2, 0.25) is 5.15 Å². The molecule has 96 valence electrons. The minimum absolute atomic E-state index is 0.240. The second kappa shape index (κ2) is 4.47. The Hall–Kier alpha value is -2.21. The second-order valence-electron chi connectivity index (χ2n) is 4.11. The van der Waals surface area contributed by atoms with Crippen molar-refractivity contribution in [3.63, 3.8) is 0 Å². The zero-order chi connectivity index (χ0) is 13.4. The molecule has 1 aliphatic rings. The SMILES string of the molecule is O=C1CCN(c2nnc(Cl)c3ccccc23)C(=O)N1. The van der Waals surface area contributed by atoms with E-state index in [0.29, 0.717) is 5.82 Å². The molecule has 0 bridgehead atoms. The van der Waals surface area contributed by atoms with Gasteiger partial charge in [0.1, 0.15) is 0 Å². The lowest BCUT2D eigenvalue weighted by atomic mass is 10.1.